The van der Waals surface area contributed by atoms with Gasteiger partial charge < -0.3 is 9.84 Å². The summed E-state index contributed by atoms with van der Waals surface area (Å²) in [6.45, 7) is 4.33. The molecular weight excluding hydrogens is 362 g/mol. The Bertz CT molecular complexity index is 636. The fourth-order valence-electron chi connectivity index (χ4n) is 1.74. The number of ether oxygens (including phenoxy) is 1. The third-order valence-corrected chi connectivity index (χ3v) is 5.46. The van der Waals surface area contributed by atoms with E-state index < -0.39 is 28.1 Å². The van der Waals surface area contributed by atoms with Crippen LogP contribution in [-0.4, -0.2) is 43.0 Å². The number of sulfonamides is 1. The van der Waals surface area contributed by atoms with Gasteiger partial charge in [-0.3, -0.25) is 4.79 Å². The molecule has 0 aliphatic rings. The average Bonchev–Trinajstić information content (AvgIpc) is 2.34. The van der Waals surface area contributed by atoms with Crippen molar-refractivity contribution in [2.45, 2.75) is 31.2 Å². The van der Waals surface area contributed by atoms with Gasteiger partial charge in [-0.25, -0.2) is 8.42 Å². The summed E-state index contributed by atoms with van der Waals surface area (Å²) in [7, 11) is -2.46. The van der Waals surface area contributed by atoms with Crippen molar-refractivity contribution in [3.05, 3.63) is 22.7 Å². The molecule has 118 valence electrons. The van der Waals surface area contributed by atoms with Crippen LogP contribution in [0.4, 0.5) is 0 Å². The van der Waals surface area contributed by atoms with Gasteiger partial charge in [-0.2, -0.15) is 4.31 Å². The molecule has 0 aromatic heterocycles. The lowest BCUT2D eigenvalue weighted by Crippen LogP contribution is -2.48. The SMILES string of the molecule is COc1ccc(S(=O)(=O)N(CC(=O)O)C(C)(C)C)cc1Br. The van der Waals surface area contributed by atoms with E-state index in [1.165, 1.54) is 25.3 Å². The van der Waals surface area contributed by atoms with E-state index in [2.05, 4.69) is 15.9 Å². The van der Waals surface area contributed by atoms with E-state index in [0.29, 0.717) is 10.2 Å². The third-order valence-electron chi connectivity index (χ3n) is 2.74. The number of methoxy groups -OCH3 is 1. The van der Waals surface area contributed by atoms with Crippen molar-refractivity contribution < 1.29 is 23.1 Å². The molecule has 0 amide bonds. The van der Waals surface area contributed by atoms with Crippen LogP contribution in [0.2, 0.25) is 0 Å². The highest BCUT2D eigenvalue weighted by Gasteiger charge is 2.35. The molecule has 1 N–H and O–H groups in total. The molecular formula is C13H18BrNO5S. The first-order valence-electron chi connectivity index (χ1n) is 6.08. The number of hydrogen-bond acceptors (Lipinski definition) is 4. The number of rotatable bonds is 5. The first-order valence-corrected chi connectivity index (χ1v) is 8.31. The van der Waals surface area contributed by atoms with Crippen LogP contribution in [0.1, 0.15) is 20.8 Å². The average molecular weight is 380 g/mol. The van der Waals surface area contributed by atoms with E-state index in [4.69, 9.17) is 9.84 Å². The lowest BCUT2D eigenvalue weighted by Gasteiger charge is -2.33. The second-order valence-corrected chi connectivity index (χ2v) is 8.09. The summed E-state index contributed by atoms with van der Waals surface area (Å²) in [4.78, 5) is 11.0. The molecule has 1 aromatic rings. The zero-order valence-electron chi connectivity index (χ0n) is 12.3. The highest BCUT2D eigenvalue weighted by atomic mass is 79.9. The maximum absolute atomic E-state index is 12.7. The molecule has 21 heavy (non-hydrogen) atoms. The summed E-state index contributed by atoms with van der Waals surface area (Å²) in [6.07, 6.45) is 0. The zero-order chi connectivity index (χ0) is 16.4. The molecule has 0 saturated heterocycles. The maximum Gasteiger partial charge on any atom is 0.318 e. The Labute approximate surface area is 132 Å². The number of aliphatic carboxylic acids is 1. The van der Waals surface area contributed by atoms with Crippen LogP contribution in [0.3, 0.4) is 0 Å². The molecule has 0 bridgehead atoms. The van der Waals surface area contributed by atoms with Gasteiger partial charge in [-0.15, -0.1) is 0 Å². The fourth-order valence-corrected chi connectivity index (χ4v) is 4.20. The maximum atomic E-state index is 12.7. The van der Waals surface area contributed by atoms with Crippen LogP contribution in [0.25, 0.3) is 0 Å². The molecule has 0 fully saturated rings. The summed E-state index contributed by atoms with van der Waals surface area (Å²) in [6, 6.07) is 4.30. The standard InChI is InChI=1S/C13H18BrNO5S/c1-13(2,3)15(8-12(16)17)21(18,19)9-5-6-11(20-4)10(14)7-9/h5-7H,8H2,1-4H3,(H,16,17). The lowest BCUT2D eigenvalue weighted by atomic mass is 10.1. The number of nitrogens with zero attached hydrogens (tertiary/aromatic N) is 1. The minimum Gasteiger partial charge on any atom is -0.496 e. The van der Waals surface area contributed by atoms with Gasteiger partial charge in [0.1, 0.15) is 12.3 Å². The minimum absolute atomic E-state index is 0.00588. The number of benzene rings is 1. The summed E-state index contributed by atoms with van der Waals surface area (Å²) in [5, 5.41) is 8.96. The van der Waals surface area contributed by atoms with Gasteiger partial charge in [0.05, 0.1) is 16.5 Å². The molecule has 1 rings (SSSR count). The topological polar surface area (TPSA) is 83.9 Å². The van der Waals surface area contributed by atoms with Gasteiger partial charge in [0, 0.05) is 5.54 Å². The highest BCUT2D eigenvalue weighted by Crippen LogP contribution is 2.30. The summed E-state index contributed by atoms with van der Waals surface area (Å²) in [5.41, 5.74) is -0.858. The third kappa shape index (κ3) is 4.18. The van der Waals surface area contributed by atoms with Crippen LogP contribution in [0, 0.1) is 0 Å². The molecule has 0 aliphatic heterocycles. The lowest BCUT2D eigenvalue weighted by molar-refractivity contribution is -0.138. The quantitative estimate of drug-likeness (QED) is 0.848. The highest BCUT2D eigenvalue weighted by molar-refractivity contribution is 9.10. The zero-order valence-corrected chi connectivity index (χ0v) is 14.7. The number of carbonyl (C=O) groups is 1. The van der Waals surface area contributed by atoms with Gasteiger partial charge >= 0.3 is 5.97 Å². The molecule has 1 aromatic carbocycles. The number of carboxylic acid groups (broad SMARTS) is 1. The van der Waals surface area contributed by atoms with Crippen molar-refractivity contribution in [1.29, 1.82) is 0 Å². The van der Waals surface area contributed by atoms with E-state index in [0.717, 1.165) is 4.31 Å². The Balaban J connectivity index is 3.35. The molecule has 0 spiro atoms. The van der Waals surface area contributed by atoms with Crippen molar-refractivity contribution in [3.63, 3.8) is 0 Å². The summed E-state index contributed by atoms with van der Waals surface area (Å²) < 4.78 is 31.8. The normalized spacial score (nSPS) is 12.5. The van der Waals surface area contributed by atoms with Gasteiger partial charge in [-0.1, -0.05) is 0 Å². The number of hydrogen-bond donors (Lipinski definition) is 1. The van der Waals surface area contributed by atoms with Gasteiger partial charge in [0.2, 0.25) is 10.0 Å². The number of carboxylic acids is 1. The smallest absolute Gasteiger partial charge is 0.318 e. The van der Waals surface area contributed by atoms with E-state index in [1.807, 2.05) is 0 Å². The van der Waals surface area contributed by atoms with Crippen molar-refractivity contribution in [2.75, 3.05) is 13.7 Å². The Morgan fingerprint density at radius 2 is 1.95 bits per heavy atom. The van der Waals surface area contributed by atoms with Crippen molar-refractivity contribution in [1.82, 2.24) is 4.31 Å². The van der Waals surface area contributed by atoms with Crippen LogP contribution >= 0.6 is 15.9 Å². The first kappa shape index (κ1) is 17.9. The molecule has 8 heteroatoms. The first-order chi connectivity index (χ1) is 9.50. The predicted octanol–water partition coefficient (Wildman–Crippen LogP) is 2.33. The van der Waals surface area contributed by atoms with Gasteiger partial charge in [-0.05, 0) is 54.9 Å². The summed E-state index contributed by atoms with van der Waals surface area (Å²) >= 11 is 3.23. The largest absolute Gasteiger partial charge is 0.496 e. The van der Waals surface area contributed by atoms with Crippen molar-refractivity contribution in [2.24, 2.45) is 0 Å². The molecule has 0 unspecified atom stereocenters. The molecule has 6 nitrogen and oxygen atoms in total. The molecule has 0 atom stereocenters. The Morgan fingerprint density at radius 1 is 1.38 bits per heavy atom. The number of halogens is 1. The Hall–Kier alpha value is -1.12. The van der Waals surface area contributed by atoms with Crippen molar-refractivity contribution >= 4 is 31.9 Å². The predicted molar refractivity (Wildman–Crippen MR) is 82.0 cm³/mol. The van der Waals surface area contributed by atoms with Crippen LogP contribution in [0.5, 0.6) is 5.75 Å². The van der Waals surface area contributed by atoms with Crippen LogP contribution in [0.15, 0.2) is 27.6 Å². The van der Waals surface area contributed by atoms with Gasteiger partial charge in [0.15, 0.2) is 0 Å². The molecule has 0 heterocycles. The van der Waals surface area contributed by atoms with Crippen LogP contribution < -0.4 is 4.74 Å². The monoisotopic (exact) mass is 379 g/mol. The fraction of sp³-hybridized carbons (Fsp3) is 0.462. The van der Waals surface area contributed by atoms with Crippen LogP contribution in [-0.2, 0) is 14.8 Å². The second kappa shape index (κ2) is 6.33. The Kier molecular flexibility index (Phi) is 5.40. The van der Waals surface area contributed by atoms with E-state index in [-0.39, 0.29) is 4.90 Å². The van der Waals surface area contributed by atoms with E-state index in [1.54, 1.807) is 20.8 Å². The van der Waals surface area contributed by atoms with Crippen molar-refractivity contribution in [3.8, 4) is 5.75 Å². The molecule has 0 aliphatic carbocycles. The van der Waals surface area contributed by atoms with E-state index >= 15 is 0 Å². The second-order valence-electron chi connectivity index (χ2n) is 5.37. The summed E-state index contributed by atoms with van der Waals surface area (Å²) in [5.74, 6) is -0.712. The van der Waals surface area contributed by atoms with Gasteiger partial charge in [0.25, 0.3) is 0 Å². The molecule has 0 saturated carbocycles. The molecule has 0 radical (unpaired) electrons. The Morgan fingerprint density at radius 3 is 2.33 bits per heavy atom. The minimum atomic E-state index is -3.93. The van der Waals surface area contributed by atoms with E-state index in [9.17, 15) is 13.2 Å².